The molecule has 1 N–H and O–H groups in total. The van der Waals surface area contributed by atoms with Gasteiger partial charge in [0.05, 0.1) is 31.1 Å². The Morgan fingerprint density at radius 1 is 1.00 bits per heavy atom. The van der Waals surface area contributed by atoms with E-state index in [9.17, 15) is 22.8 Å². The second kappa shape index (κ2) is 8.76. The van der Waals surface area contributed by atoms with Crippen molar-refractivity contribution < 1.29 is 32.3 Å². The molecule has 0 aromatic heterocycles. The Hall–Kier alpha value is -3.40. The van der Waals surface area contributed by atoms with Crippen LogP contribution in [0.3, 0.4) is 0 Å². The number of carbonyl (C=O) groups excluding carboxylic acids is 3. The minimum absolute atomic E-state index is 0.174. The Morgan fingerprint density at radius 3 is 1.97 bits per heavy atom. The number of carbonyl (C=O) groups is 3. The molecule has 31 heavy (non-hydrogen) atoms. The zero-order valence-electron chi connectivity index (χ0n) is 17.2. The van der Waals surface area contributed by atoms with E-state index in [4.69, 9.17) is 9.47 Å². The molecule has 2 aromatic carbocycles. The van der Waals surface area contributed by atoms with Gasteiger partial charge < -0.3 is 14.8 Å². The molecular weight excluding hydrogens is 424 g/mol. The normalized spacial score (nSPS) is 14.2. The number of hydrogen-bond acceptors (Lipinski definition) is 7. The van der Waals surface area contributed by atoms with Crippen molar-refractivity contribution >= 4 is 33.2 Å². The molecule has 164 valence electrons. The first kappa shape index (κ1) is 22.3. The first-order valence-electron chi connectivity index (χ1n) is 9.33. The molecule has 0 bridgehead atoms. The summed E-state index contributed by atoms with van der Waals surface area (Å²) in [5.41, 5.74) is 0.655. The second-order valence-corrected chi connectivity index (χ2v) is 9.31. The largest absolute Gasteiger partial charge is 0.497 e. The lowest BCUT2D eigenvalue weighted by atomic mass is 10.1. The van der Waals surface area contributed by atoms with Gasteiger partial charge in [-0.1, -0.05) is 12.1 Å². The van der Waals surface area contributed by atoms with Gasteiger partial charge in [-0.25, -0.2) is 8.42 Å². The fourth-order valence-corrected chi connectivity index (χ4v) is 3.95. The molecule has 2 aromatic rings. The van der Waals surface area contributed by atoms with Crippen LogP contribution in [0, 0.1) is 0 Å². The SMILES string of the molecule is COc1cc(NC(=O)C(CCS(C)(=O)=O)N2C(=O)c3ccccc3C2=O)cc(OC)c1. The van der Waals surface area contributed by atoms with Crippen LogP contribution in [0.5, 0.6) is 11.5 Å². The van der Waals surface area contributed by atoms with Crippen LogP contribution in [-0.2, 0) is 14.6 Å². The number of hydrogen-bond donors (Lipinski definition) is 1. The molecule has 10 heteroatoms. The minimum atomic E-state index is -3.45. The highest BCUT2D eigenvalue weighted by atomic mass is 32.2. The lowest BCUT2D eigenvalue weighted by Crippen LogP contribution is -2.48. The average molecular weight is 446 g/mol. The van der Waals surface area contributed by atoms with Crippen LogP contribution in [0.2, 0.25) is 0 Å². The molecule has 0 radical (unpaired) electrons. The highest BCUT2D eigenvalue weighted by molar-refractivity contribution is 7.90. The highest BCUT2D eigenvalue weighted by Crippen LogP contribution is 2.29. The second-order valence-electron chi connectivity index (χ2n) is 7.05. The summed E-state index contributed by atoms with van der Waals surface area (Å²) in [5.74, 6) is -1.52. The Kier molecular flexibility index (Phi) is 6.30. The number of rotatable bonds is 8. The van der Waals surface area contributed by atoms with Gasteiger partial charge in [-0.15, -0.1) is 0 Å². The van der Waals surface area contributed by atoms with Crippen molar-refractivity contribution in [2.75, 3.05) is 31.5 Å². The van der Waals surface area contributed by atoms with Crippen molar-refractivity contribution in [2.24, 2.45) is 0 Å². The van der Waals surface area contributed by atoms with Crippen LogP contribution in [0.25, 0.3) is 0 Å². The number of methoxy groups -OCH3 is 2. The zero-order valence-corrected chi connectivity index (χ0v) is 18.1. The number of nitrogens with one attached hydrogen (secondary N) is 1. The lowest BCUT2D eigenvalue weighted by Gasteiger charge is -2.25. The number of nitrogens with zero attached hydrogens (tertiary/aromatic N) is 1. The van der Waals surface area contributed by atoms with E-state index in [1.54, 1.807) is 18.2 Å². The highest BCUT2D eigenvalue weighted by Gasteiger charge is 2.42. The molecule has 1 heterocycles. The summed E-state index contributed by atoms with van der Waals surface area (Å²) in [7, 11) is -0.543. The molecule has 0 saturated carbocycles. The average Bonchev–Trinajstić information content (AvgIpc) is 2.98. The standard InChI is InChI=1S/C21H22N2O7S/c1-29-14-10-13(11-15(12-14)30-2)22-19(24)18(8-9-31(3,27)28)23-20(25)16-6-4-5-7-17(16)21(23)26/h4-7,10-12,18H,8-9H2,1-3H3,(H,22,24). The molecule has 1 aliphatic rings. The molecule has 1 atom stereocenters. The van der Waals surface area contributed by atoms with Crippen molar-refractivity contribution in [1.29, 1.82) is 0 Å². The smallest absolute Gasteiger partial charge is 0.262 e. The van der Waals surface area contributed by atoms with E-state index in [-0.39, 0.29) is 23.3 Å². The zero-order chi connectivity index (χ0) is 22.8. The summed E-state index contributed by atoms with van der Waals surface area (Å²) in [6.45, 7) is 0. The lowest BCUT2D eigenvalue weighted by molar-refractivity contribution is -0.120. The molecular formula is C21H22N2O7S. The van der Waals surface area contributed by atoms with Crippen LogP contribution in [0.1, 0.15) is 27.1 Å². The third-order valence-electron chi connectivity index (χ3n) is 4.82. The van der Waals surface area contributed by atoms with Crippen LogP contribution in [-0.4, -0.2) is 63.3 Å². The monoisotopic (exact) mass is 446 g/mol. The Balaban J connectivity index is 1.94. The van der Waals surface area contributed by atoms with Crippen LogP contribution >= 0.6 is 0 Å². The predicted molar refractivity (Wildman–Crippen MR) is 113 cm³/mol. The van der Waals surface area contributed by atoms with Gasteiger partial charge in [0, 0.05) is 30.1 Å². The fourth-order valence-electron chi connectivity index (χ4n) is 3.30. The van der Waals surface area contributed by atoms with E-state index in [0.717, 1.165) is 11.2 Å². The quantitative estimate of drug-likeness (QED) is 0.614. The van der Waals surface area contributed by atoms with Gasteiger partial charge in [-0.05, 0) is 18.6 Å². The first-order valence-corrected chi connectivity index (χ1v) is 11.4. The van der Waals surface area contributed by atoms with Crippen molar-refractivity contribution in [3.8, 4) is 11.5 Å². The summed E-state index contributed by atoms with van der Waals surface area (Å²) in [4.78, 5) is 39.7. The van der Waals surface area contributed by atoms with E-state index in [1.165, 1.54) is 38.5 Å². The molecule has 0 aliphatic carbocycles. The third-order valence-corrected chi connectivity index (χ3v) is 5.80. The van der Waals surface area contributed by atoms with Gasteiger partial charge in [0.25, 0.3) is 11.8 Å². The Labute approximate surface area is 179 Å². The summed E-state index contributed by atoms with van der Waals surface area (Å²) < 4.78 is 33.8. The maximum Gasteiger partial charge on any atom is 0.262 e. The van der Waals surface area contributed by atoms with Gasteiger partial charge in [-0.2, -0.15) is 0 Å². The predicted octanol–water partition coefficient (Wildman–Crippen LogP) is 1.74. The number of imide groups is 1. The molecule has 9 nitrogen and oxygen atoms in total. The molecule has 1 unspecified atom stereocenters. The molecule has 3 amide bonds. The minimum Gasteiger partial charge on any atom is -0.497 e. The van der Waals surface area contributed by atoms with Gasteiger partial charge in [-0.3, -0.25) is 19.3 Å². The number of benzene rings is 2. The molecule has 0 fully saturated rings. The van der Waals surface area contributed by atoms with E-state index in [2.05, 4.69) is 5.32 Å². The fraction of sp³-hybridized carbons (Fsp3) is 0.286. The van der Waals surface area contributed by atoms with Gasteiger partial charge in [0.2, 0.25) is 5.91 Å². The molecule has 3 rings (SSSR count). The summed E-state index contributed by atoms with van der Waals surface area (Å²) in [6.07, 6.45) is 0.786. The van der Waals surface area contributed by atoms with Crippen LogP contribution in [0.4, 0.5) is 5.69 Å². The summed E-state index contributed by atoms with van der Waals surface area (Å²) in [5, 5.41) is 2.63. The summed E-state index contributed by atoms with van der Waals surface area (Å²) in [6, 6.07) is 9.58. The van der Waals surface area contributed by atoms with Gasteiger partial charge in [0.1, 0.15) is 27.4 Å². The first-order chi connectivity index (χ1) is 14.6. The van der Waals surface area contributed by atoms with Crippen molar-refractivity contribution in [3.63, 3.8) is 0 Å². The van der Waals surface area contributed by atoms with Crippen molar-refractivity contribution in [3.05, 3.63) is 53.6 Å². The van der Waals surface area contributed by atoms with Gasteiger partial charge in [0.15, 0.2) is 0 Å². The number of fused-ring (bicyclic) bond motifs is 1. The van der Waals surface area contributed by atoms with Crippen LogP contribution in [0.15, 0.2) is 42.5 Å². The Morgan fingerprint density at radius 2 is 1.52 bits per heavy atom. The number of sulfone groups is 1. The van der Waals surface area contributed by atoms with Crippen molar-refractivity contribution in [2.45, 2.75) is 12.5 Å². The molecule has 0 saturated heterocycles. The molecule has 1 aliphatic heterocycles. The molecule has 0 spiro atoms. The van der Waals surface area contributed by atoms with Gasteiger partial charge >= 0.3 is 0 Å². The van der Waals surface area contributed by atoms with E-state index in [0.29, 0.717) is 17.2 Å². The number of amides is 3. The third kappa shape index (κ3) is 4.85. The van der Waals surface area contributed by atoms with E-state index < -0.39 is 33.6 Å². The summed E-state index contributed by atoms with van der Waals surface area (Å²) >= 11 is 0. The topological polar surface area (TPSA) is 119 Å². The maximum absolute atomic E-state index is 13.1. The maximum atomic E-state index is 13.1. The van der Waals surface area contributed by atoms with Crippen molar-refractivity contribution in [1.82, 2.24) is 4.90 Å². The number of anilines is 1. The van der Waals surface area contributed by atoms with E-state index in [1.807, 2.05) is 0 Å². The number of ether oxygens (including phenoxy) is 2. The van der Waals surface area contributed by atoms with Crippen LogP contribution < -0.4 is 14.8 Å². The Bertz CT molecular complexity index is 1090. The van der Waals surface area contributed by atoms with E-state index >= 15 is 0 Å².